The van der Waals surface area contributed by atoms with Crippen LogP contribution < -0.4 is 4.74 Å². The highest BCUT2D eigenvalue weighted by Crippen LogP contribution is 2.37. The number of nitrogens with zero attached hydrogens (tertiary/aromatic N) is 3. The first-order valence-corrected chi connectivity index (χ1v) is 10.8. The number of fused-ring (bicyclic) bond motifs is 1. The van der Waals surface area contributed by atoms with Gasteiger partial charge in [0, 0.05) is 23.1 Å². The molecule has 0 N–H and O–H groups in total. The van der Waals surface area contributed by atoms with E-state index in [1.807, 2.05) is 72.4 Å². The standard InChI is InChI=1S/C26H20BrN3O/c1-30-24-20(14-8-16-22(24)27)23(29-30)21-15-9-17-28-26(21)31-25(18-10-4-2-5-11-18)19-12-6-3-7-13-19/h2-17,25H,1H3. The quantitative estimate of drug-likeness (QED) is 0.292. The number of rotatable bonds is 5. The molecule has 0 aliphatic carbocycles. The fourth-order valence-corrected chi connectivity index (χ4v) is 4.47. The number of aromatic nitrogens is 3. The van der Waals surface area contributed by atoms with E-state index in [2.05, 4.69) is 51.2 Å². The predicted octanol–water partition coefficient (Wildman–Crippen LogP) is 6.57. The molecule has 5 aromatic rings. The van der Waals surface area contributed by atoms with Gasteiger partial charge in [0.05, 0.1) is 11.1 Å². The molecule has 0 bridgehead atoms. The number of ether oxygens (including phenoxy) is 1. The molecule has 5 rings (SSSR count). The number of aryl methyl sites for hydroxylation is 1. The highest BCUT2D eigenvalue weighted by Gasteiger charge is 2.21. The Morgan fingerprint density at radius 2 is 1.48 bits per heavy atom. The topological polar surface area (TPSA) is 39.9 Å². The summed E-state index contributed by atoms with van der Waals surface area (Å²) >= 11 is 3.65. The second kappa shape index (κ2) is 8.36. The summed E-state index contributed by atoms with van der Waals surface area (Å²) in [5, 5.41) is 5.85. The van der Waals surface area contributed by atoms with E-state index in [1.165, 1.54) is 0 Å². The maximum atomic E-state index is 6.59. The van der Waals surface area contributed by atoms with Gasteiger partial charge in [-0.3, -0.25) is 4.68 Å². The summed E-state index contributed by atoms with van der Waals surface area (Å²) in [6.45, 7) is 0. The van der Waals surface area contributed by atoms with E-state index in [0.717, 1.165) is 37.8 Å². The number of hydrogen-bond donors (Lipinski definition) is 0. The van der Waals surface area contributed by atoms with Crippen molar-refractivity contribution < 1.29 is 4.74 Å². The molecule has 2 heterocycles. The van der Waals surface area contributed by atoms with Crippen LogP contribution in [0.2, 0.25) is 0 Å². The van der Waals surface area contributed by atoms with Crippen LogP contribution in [0.5, 0.6) is 5.88 Å². The monoisotopic (exact) mass is 469 g/mol. The Morgan fingerprint density at radius 3 is 2.16 bits per heavy atom. The summed E-state index contributed by atoms with van der Waals surface area (Å²) in [4.78, 5) is 4.60. The van der Waals surface area contributed by atoms with Crippen molar-refractivity contribution in [2.24, 2.45) is 7.05 Å². The van der Waals surface area contributed by atoms with E-state index in [-0.39, 0.29) is 6.10 Å². The molecule has 3 aromatic carbocycles. The second-order valence-electron chi connectivity index (χ2n) is 7.28. The summed E-state index contributed by atoms with van der Waals surface area (Å²) in [5.74, 6) is 0.556. The third-order valence-corrected chi connectivity index (χ3v) is 5.92. The first kappa shape index (κ1) is 19.5. The normalized spacial score (nSPS) is 11.2. The molecule has 0 radical (unpaired) electrons. The SMILES string of the molecule is Cn1nc(-c2cccnc2OC(c2ccccc2)c2ccccc2)c2cccc(Br)c21. The van der Waals surface area contributed by atoms with Gasteiger partial charge in [0.25, 0.3) is 0 Å². The first-order chi connectivity index (χ1) is 15.2. The smallest absolute Gasteiger partial charge is 0.223 e. The molecule has 4 nitrogen and oxygen atoms in total. The minimum absolute atomic E-state index is 0.280. The van der Waals surface area contributed by atoms with Gasteiger partial charge < -0.3 is 4.74 Å². The molecule has 0 amide bonds. The van der Waals surface area contributed by atoms with Gasteiger partial charge in [0.15, 0.2) is 6.10 Å². The summed E-state index contributed by atoms with van der Waals surface area (Å²) in [7, 11) is 1.95. The third kappa shape index (κ3) is 3.73. The summed E-state index contributed by atoms with van der Waals surface area (Å²) in [5.41, 5.74) is 4.89. The molecule has 152 valence electrons. The van der Waals surface area contributed by atoms with Crippen molar-refractivity contribution in [2.75, 3.05) is 0 Å². The number of hydrogen-bond acceptors (Lipinski definition) is 3. The molecule has 0 fully saturated rings. The lowest BCUT2D eigenvalue weighted by Crippen LogP contribution is -2.11. The number of benzene rings is 3. The van der Waals surface area contributed by atoms with Gasteiger partial charge in [-0.25, -0.2) is 4.98 Å². The minimum Gasteiger partial charge on any atom is -0.464 e. The average Bonchev–Trinajstić information content (AvgIpc) is 3.16. The Hall–Kier alpha value is -3.44. The van der Waals surface area contributed by atoms with Crippen LogP contribution in [-0.2, 0) is 7.05 Å². The fourth-order valence-electron chi connectivity index (χ4n) is 3.85. The van der Waals surface area contributed by atoms with Crippen LogP contribution in [0.25, 0.3) is 22.2 Å². The van der Waals surface area contributed by atoms with Gasteiger partial charge in [-0.1, -0.05) is 72.8 Å². The van der Waals surface area contributed by atoms with Gasteiger partial charge in [-0.05, 0) is 45.3 Å². The predicted molar refractivity (Wildman–Crippen MR) is 127 cm³/mol. The highest BCUT2D eigenvalue weighted by molar-refractivity contribution is 9.10. The molecule has 31 heavy (non-hydrogen) atoms. The van der Waals surface area contributed by atoms with Crippen LogP contribution in [-0.4, -0.2) is 14.8 Å². The third-order valence-electron chi connectivity index (χ3n) is 5.28. The van der Waals surface area contributed by atoms with Gasteiger partial charge >= 0.3 is 0 Å². The van der Waals surface area contributed by atoms with Gasteiger partial charge in [0.1, 0.15) is 5.69 Å². The Kier molecular flexibility index (Phi) is 5.26. The Labute approximate surface area is 189 Å². The van der Waals surface area contributed by atoms with E-state index in [4.69, 9.17) is 9.84 Å². The van der Waals surface area contributed by atoms with Crippen LogP contribution >= 0.6 is 15.9 Å². The lowest BCUT2D eigenvalue weighted by atomic mass is 10.0. The molecule has 0 aliphatic heterocycles. The number of para-hydroxylation sites is 1. The minimum atomic E-state index is -0.280. The van der Waals surface area contributed by atoms with Crippen LogP contribution in [0.3, 0.4) is 0 Å². The molecule has 0 atom stereocenters. The molecule has 5 heteroatoms. The van der Waals surface area contributed by atoms with Gasteiger partial charge in [-0.15, -0.1) is 0 Å². The van der Waals surface area contributed by atoms with E-state index >= 15 is 0 Å². The molecular weight excluding hydrogens is 450 g/mol. The lowest BCUT2D eigenvalue weighted by Gasteiger charge is -2.20. The highest BCUT2D eigenvalue weighted by atomic mass is 79.9. The van der Waals surface area contributed by atoms with Crippen LogP contribution in [0.1, 0.15) is 17.2 Å². The van der Waals surface area contributed by atoms with E-state index < -0.39 is 0 Å². The maximum absolute atomic E-state index is 6.59. The van der Waals surface area contributed by atoms with Crippen molar-refractivity contribution in [2.45, 2.75) is 6.10 Å². The maximum Gasteiger partial charge on any atom is 0.223 e. The van der Waals surface area contributed by atoms with Crippen LogP contribution in [0, 0.1) is 0 Å². The summed E-state index contributed by atoms with van der Waals surface area (Å²) < 4.78 is 9.48. The van der Waals surface area contributed by atoms with Crippen LogP contribution in [0.15, 0.2) is 102 Å². The summed E-state index contributed by atoms with van der Waals surface area (Å²) in [6, 6.07) is 30.5. The van der Waals surface area contributed by atoms with E-state index in [9.17, 15) is 0 Å². The van der Waals surface area contributed by atoms with Crippen molar-refractivity contribution in [1.29, 1.82) is 0 Å². The molecule has 0 saturated carbocycles. The van der Waals surface area contributed by atoms with Gasteiger partial charge in [-0.2, -0.15) is 5.10 Å². The molecule has 0 unspecified atom stereocenters. The van der Waals surface area contributed by atoms with Crippen molar-refractivity contribution in [3.05, 3.63) is 113 Å². The van der Waals surface area contributed by atoms with Crippen molar-refractivity contribution >= 4 is 26.8 Å². The fraction of sp³-hybridized carbons (Fsp3) is 0.0769. The largest absolute Gasteiger partial charge is 0.464 e. The first-order valence-electron chi connectivity index (χ1n) is 10.1. The summed E-state index contributed by atoms with van der Waals surface area (Å²) in [6.07, 6.45) is 1.48. The van der Waals surface area contributed by atoms with Gasteiger partial charge in [0.2, 0.25) is 5.88 Å². The van der Waals surface area contributed by atoms with Crippen molar-refractivity contribution in [3.8, 4) is 17.1 Å². The van der Waals surface area contributed by atoms with Crippen molar-refractivity contribution in [3.63, 3.8) is 0 Å². The zero-order valence-corrected chi connectivity index (χ0v) is 18.5. The number of pyridine rings is 1. The molecule has 0 spiro atoms. The molecular formula is C26H20BrN3O. The van der Waals surface area contributed by atoms with E-state index in [1.54, 1.807) is 6.20 Å². The van der Waals surface area contributed by atoms with Crippen LogP contribution in [0.4, 0.5) is 0 Å². The zero-order valence-electron chi connectivity index (χ0n) is 16.9. The lowest BCUT2D eigenvalue weighted by molar-refractivity contribution is 0.238. The molecule has 0 saturated heterocycles. The Morgan fingerprint density at radius 1 is 0.806 bits per heavy atom. The molecule has 0 aliphatic rings. The zero-order chi connectivity index (χ0) is 21.2. The second-order valence-corrected chi connectivity index (χ2v) is 8.14. The number of halogens is 1. The van der Waals surface area contributed by atoms with Crippen molar-refractivity contribution in [1.82, 2.24) is 14.8 Å². The Balaban J connectivity index is 1.64. The van der Waals surface area contributed by atoms with E-state index in [0.29, 0.717) is 5.88 Å². The average molecular weight is 470 g/mol. The molecule has 2 aromatic heterocycles. The Bertz CT molecular complexity index is 1290.